The Morgan fingerprint density at radius 3 is 3.00 bits per heavy atom. The highest BCUT2D eigenvalue weighted by Crippen LogP contribution is 2.29. The summed E-state index contributed by atoms with van der Waals surface area (Å²) in [6.07, 6.45) is 6.71. The predicted molar refractivity (Wildman–Crippen MR) is 69.5 cm³/mol. The van der Waals surface area contributed by atoms with Gasteiger partial charge in [-0.15, -0.1) is 11.3 Å². The molecule has 1 aromatic rings. The van der Waals surface area contributed by atoms with Gasteiger partial charge in [0, 0.05) is 37.2 Å². The number of carbonyl (C=O) groups excluding carboxylic acids is 1. The van der Waals surface area contributed by atoms with Crippen LogP contribution in [-0.4, -0.2) is 41.1 Å². The van der Waals surface area contributed by atoms with Gasteiger partial charge in [-0.1, -0.05) is 0 Å². The highest BCUT2D eigenvalue weighted by molar-refractivity contribution is 7.09. The Labute approximate surface area is 111 Å². The normalized spacial score (nSPS) is 23.2. The van der Waals surface area contributed by atoms with E-state index in [1.165, 1.54) is 0 Å². The lowest BCUT2D eigenvalue weighted by Crippen LogP contribution is -2.41. The van der Waals surface area contributed by atoms with E-state index in [4.69, 9.17) is 4.74 Å². The van der Waals surface area contributed by atoms with Gasteiger partial charge in [-0.05, 0) is 25.7 Å². The number of rotatable bonds is 5. The SMILES string of the molecule is O=C(C1CCCO1)N(CCc1nccs1)C1CC1. The molecule has 98 valence electrons. The minimum Gasteiger partial charge on any atom is -0.368 e. The van der Waals surface area contributed by atoms with E-state index >= 15 is 0 Å². The molecule has 0 N–H and O–H groups in total. The highest BCUT2D eigenvalue weighted by atomic mass is 32.1. The van der Waals surface area contributed by atoms with Gasteiger partial charge in [0.15, 0.2) is 0 Å². The first kappa shape index (κ1) is 12.1. The van der Waals surface area contributed by atoms with Gasteiger partial charge < -0.3 is 9.64 Å². The second-order valence-electron chi connectivity index (χ2n) is 4.94. The number of aromatic nitrogens is 1. The zero-order chi connectivity index (χ0) is 12.4. The van der Waals surface area contributed by atoms with Crippen LogP contribution in [0.5, 0.6) is 0 Å². The number of ether oxygens (including phenoxy) is 1. The fraction of sp³-hybridized carbons (Fsp3) is 0.692. The molecule has 1 saturated heterocycles. The summed E-state index contributed by atoms with van der Waals surface area (Å²) >= 11 is 1.66. The minimum atomic E-state index is -0.179. The summed E-state index contributed by atoms with van der Waals surface area (Å²) in [6.45, 7) is 1.53. The Morgan fingerprint density at radius 2 is 2.39 bits per heavy atom. The van der Waals surface area contributed by atoms with Gasteiger partial charge >= 0.3 is 0 Å². The lowest BCUT2D eigenvalue weighted by Gasteiger charge is -2.24. The van der Waals surface area contributed by atoms with E-state index in [-0.39, 0.29) is 12.0 Å². The molecule has 1 unspecified atom stereocenters. The molecule has 0 radical (unpaired) electrons. The second-order valence-corrected chi connectivity index (χ2v) is 5.92. The molecule has 2 fully saturated rings. The van der Waals surface area contributed by atoms with Crippen LogP contribution in [0.25, 0.3) is 0 Å². The van der Waals surface area contributed by atoms with Crippen LogP contribution in [0.2, 0.25) is 0 Å². The molecule has 0 aromatic carbocycles. The summed E-state index contributed by atoms with van der Waals surface area (Å²) in [5, 5.41) is 3.10. The lowest BCUT2D eigenvalue weighted by molar-refractivity contribution is -0.141. The van der Waals surface area contributed by atoms with Crippen LogP contribution in [0.3, 0.4) is 0 Å². The molecule has 1 aromatic heterocycles. The van der Waals surface area contributed by atoms with Crippen molar-refractivity contribution in [1.29, 1.82) is 0 Å². The average Bonchev–Trinajstić information content (AvgIpc) is 2.89. The third-order valence-electron chi connectivity index (χ3n) is 3.53. The van der Waals surface area contributed by atoms with Crippen LogP contribution in [0, 0.1) is 0 Å². The molecule has 2 aliphatic rings. The van der Waals surface area contributed by atoms with E-state index in [9.17, 15) is 4.79 Å². The Balaban J connectivity index is 1.59. The largest absolute Gasteiger partial charge is 0.368 e. The molecule has 1 amide bonds. The van der Waals surface area contributed by atoms with Crippen molar-refractivity contribution in [2.24, 2.45) is 0 Å². The Kier molecular flexibility index (Phi) is 3.61. The van der Waals surface area contributed by atoms with E-state index in [1.54, 1.807) is 11.3 Å². The van der Waals surface area contributed by atoms with Gasteiger partial charge in [-0.2, -0.15) is 0 Å². The number of nitrogens with zero attached hydrogens (tertiary/aromatic N) is 2. The van der Waals surface area contributed by atoms with Crippen LogP contribution in [0.4, 0.5) is 0 Å². The zero-order valence-corrected chi connectivity index (χ0v) is 11.2. The summed E-state index contributed by atoms with van der Waals surface area (Å²) in [6, 6.07) is 0.460. The van der Waals surface area contributed by atoms with Crippen molar-refractivity contribution in [3.63, 3.8) is 0 Å². The van der Waals surface area contributed by atoms with Crippen molar-refractivity contribution in [2.45, 2.75) is 44.2 Å². The lowest BCUT2D eigenvalue weighted by atomic mass is 10.2. The summed E-state index contributed by atoms with van der Waals surface area (Å²) in [5.74, 6) is 0.201. The summed E-state index contributed by atoms with van der Waals surface area (Å²) in [4.78, 5) is 18.7. The molecular formula is C13H18N2O2S. The Hall–Kier alpha value is -0.940. The molecule has 1 aliphatic carbocycles. The van der Waals surface area contributed by atoms with Crippen molar-refractivity contribution in [3.8, 4) is 0 Å². The molecule has 0 bridgehead atoms. The van der Waals surface area contributed by atoms with E-state index in [0.29, 0.717) is 6.04 Å². The summed E-state index contributed by atoms with van der Waals surface area (Å²) in [5.41, 5.74) is 0. The minimum absolute atomic E-state index is 0.179. The predicted octanol–water partition coefficient (Wildman–Crippen LogP) is 1.86. The van der Waals surface area contributed by atoms with Crippen molar-refractivity contribution in [1.82, 2.24) is 9.88 Å². The Morgan fingerprint density at radius 1 is 1.50 bits per heavy atom. The van der Waals surface area contributed by atoms with Crippen LogP contribution in [0.1, 0.15) is 30.7 Å². The van der Waals surface area contributed by atoms with Crippen LogP contribution < -0.4 is 0 Å². The summed E-state index contributed by atoms with van der Waals surface area (Å²) in [7, 11) is 0. The fourth-order valence-corrected chi connectivity index (χ4v) is 3.02. The molecule has 2 heterocycles. The Bertz CT molecular complexity index is 397. The van der Waals surface area contributed by atoms with Gasteiger partial charge in [0.25, 0.3) is 5.91 Å². The standard InChI is InChI=1S/C13H18N2O2S/c16-13(11-2-1-8-17-11)15(10-3-4-10)7-5-12-14-6-9-18-12/h6,9-11H,1-5,7-8H2. The van der Waals surface area contributed by atoms with Gasteiger partial charge in [-0.25, -0.2) is 4.98 Å². The van der Waals surface area contributed by atoms with Crippen LogP contribution in [-0.2, 0) is 16.0 Å². The maximum absolute atomic E-state index is 12.4. The average molecular weight is 266 g/mol. The first-order chi connectivity index (χ1) is 8.84. The van der Waals surface area contributed by atoms with E-state index in [0.717, 1.165) is 50.3 Å². The number of amides is 1. The van der Waals surface area contributed by atoms with Crippen molar-refractivity contribution in [2.75, 3.05) is 13.2 Å². The molecule has 1 aliphatic heterocycles. The van der Waals surface area contributed by atoms with Crippen molar-refractivity contribution < 1.29 is 9.53 Å². The second kappa shape index (κ2) is 5.36. The first-order valence-electron chi connectivity index (χ1n) is 6.65. The zero-order valence-electron chi connectivity index (χ0n) is 10.4. The third kappa shape index (κ3) is 2.72. The quantitative estimate of drug-likeness (QED) is 0.817. The topological polar surface area (TPSA) is 42.4 Å². The molecule has 1 atom stereocenters. The molecule has 0 spiro atoms. The third-order valence-corrected chi connectivity index (χ3v) is 4.37. The molecule has 4 nitrogen and oxygen atoms in total. The molecular weight excluding hydrogens is 248 g/mol. The molecule has 1 saturated carbocycles. The van der Waals surface area contributed by atoms with Gasteiger partial charge in [0.05, 0.1) is 5.01 Å². The smallest absolute Gasteiger partial charge is 0.251 e. The van der Waals surface area contributed by atoms with Crippen molar-refractivity contribution in [3.05, 3.63) is 16.6 Å². The number of hydrogen-bond acceptors (Lipinski definition) is 4. The van der Waals surface area contributed by atoms with Gasteiger partial charge in [-0.3, -0.25) is 4.79 Å². The van der Waals surface area contributed by atoms with Crippen molar-refractivity contribution >= 4 is 17.2 Å². The highest BCUT2D eigenvalue weighted by Gasteiger charge is 2.37. The van der Waals surface area contributed by atoms with Gasteiger partial charge in [0.2, 0.25) is 0 Å². The van der Waals surface area contributed by atoms with Crippen LogP contribution >= 0.6 is 11.3 Å². The van der Waals surface area contributed by atoms with Gasteiger partial charge in [0.1, 0.15) is 6.10 Å². The van der Waals surface area contributed by atoms with E-state index < -0.39 is 0 Å². The van der Waals surface area contributed by atoms with Crippen LogP contribution in [0.15, 0.2) is 11.6 Å². The molecule has 3 rings (SSSR count). The number of thiazole rings is 1. The van der Waals surface area contributed by atoms with E-state index in [2.05, 4.69) is 4.98 Å². The maximum atomic E-state index is 12.4. The van der Waals surface area contributed by atoms with E-state index in [1.807, 2.05) is 16.5 Å². The summed E-state index contributed by atoms with van der Waals surface area (Å²) < 4.78 is 5.51. The molecule has 5 heteroatoms. The number of hydrogen-bond donors (Lipinski definition) is 0. The fourth-order valence-electron chi connectivity index (χ4n) is 2.41. The monoisotopic (exact) mass is 266 g/mol. The first-order valence-corrected chi connectivity index (χ1v) is 7.53. The maximum Gasteiger partial charge on any atom is 0.251 e. The molecule has 18 heavy (non-hydrogen) atoms. The number of carbonyl (C=O) groups is 1.